The maximum absolute atomic E-state index is 12.3. The Kier molecular flexibility index (Phi) is 7.55. The summed E-state index contributed by atoms with van der Waals surface area (Å²) in [5.41, 5.74) is -0.185. The molecule has 2 heterocycles. The van der Waals surface area contributed by atoms with Crippen LogP contribution in [0.1, 0.15) is 73.6 Å². The van der Waals surface area contributed by atoms with Gasteiger partial charge in [0.15, 0.2) is 11.6 Å². The molecule has 0 bridgehead atoms. The van der Waals surface area contributed by atoms with E-state index in [1.165, 1.54) is 0 Å². The molecule has 202 valence electrons. The summed E-state index contributed by atoms with van der Waals surface area (Å²) in [6.07, 6.45) is 5.88. The summed E-state index contributed by atoms with van der Waals surface area (Å²) in [7, 11) is 3.83. The fourth-order valence-electron chi connectivity index (χ4n) is 4.73. The van der Waals surface area contributed by atoms with Crippen molar-refractivity contribution in [3.05, 3.63) is 11.8 Å². The highest BCUT2D eigenvalue weighted by atomic mass is 16.6. The van der Waals surface area contributed by atoms with E-state index >= 15 is 0 Å². The second-order valence-electron chi connectivity index (χ2n) is 13.1. The van der Waals surface area contributed by atoms with E-state index in [1.807, 2.05) is 66.7 Å². The number of nitrogens with zero attached hydrogens (tertiary/aromatic N) is 3. The molecule has 4 rings (SSSR count). The van der Waals surface area contributed by atoms with Gasteiger partial charge in [0.05, 0.1) is 13.1 Å². The standard InChI is InChI=1S/C15H24N2O3.C12H19NO3/c1-14(2,3)20-13(19)17-9-12(18)11(8-16(4)5)15(10-17)6-7-15;1-11(2,3)16-10(15)13-7-9(14)6-12(8-13)4-5-12/h8H,6-7,9-10H2,1-5H3;4-8H2,1-3H3/b11-8+;. The Morgan fingerprint density at radius 2 is 1.33 bits per heavy atom. The molecular formula is C27H43N3O6. The van der Waals surface area contributed by atoms with Crippen LogP contribution in [-0.2, 0) is 19.1 Å². The lowest BCUT2D eigenvalue weighted by atomic mass is 9.88. The lowest BCUT2D eigenvalue weighted by Gasteiger charge is -2.35. The first-order chi connectivity index (χ1) is 16.4. The predicted molar refractivity (Wildman–Crippen MR) is 135 cm³/mol. The number of rotatable bonds is 1. The molecule has 2 saturated heterocycles. The van der Waals surface area contributed by atoms with Crippen LogP contribution in [0.3, 0.4) is 0 Å². The topological polar surface area (TPSA) is 96.5 Å². The van der Waals surface area contributed by atoms with Crippen molar-refractivity contribution in [3.63, 3.8) is 0 Å². The van der Waals surface area contributed by atoms with Crippen molar-refractivity contribution in [3.8, 4) is 0 Å². The normalized spacial score (nSPS) is 23.3. The summed E-state index contributed by atoms with van der Waals surface area (Å²) in [5, 5.41) is 0. The Hall–Kier alpha value is -2.58. The van der Waals surface area contributed by atoms with E-state index in [4.69, 9.17) is 9.47 Å². The number of Topliss-reactive ketones (excluding diaryl/α,β-unsaturated/α-hetero) is 2. The second kappa shape index (κ2) is 9.71. The first kappa shape index (κ1) is 28.0. The number of amides is 2. The minimum Gasteiger partial charge on any atom is -0.444 e. The third kappa shape index (κ3) is 7.46. The molecule has 2 aliphatic carbocycles. The first-order valence-electron chi connectivity index (χ1n) is 12.8. The highest BCUT2D eigenvalue weighted by Gasteiger charge is 2.54. The molecule has 2 amide bonds. The molecule has 36 heavy (non-hydrogen) atoms. The van der Waals surface area contributed by atoms with E-state index in [-0.39, 0.29) is 47.7 Å². The predicted octanol–water partition coefficient (Wildman–Crippen LogP) is 4.01. The van der Waals surface area contributed by atoms with Gasteiger partial charge in [0.1, 0.15) is 11.2 Å². The quantitative estimate of drug-likeness (QED) is 0.497. The van der Waals surface area contributed by atoms with Crippen LogP contribution in [-0.4, -0.2) is 89.9 Å². The van der Waals surface area contributed by atoms with Gasteiger partial charge in [0, 0.05) is 50.8 Å². The summed E-state index contributed by atoms with van der Waals surface area (Å²) >= 11 is 0. The van der Waals surface area contributed by atoms with Crippen LogP contribution in [0.25, 0.3) is 0 Å². The number of hydrogen-bond donors (Lipinski definition) is 0. The fraction of sp³-hybridized carbons (Fsp3) is 0.778. The Morgan fingerprint density at radius 3 is 1.75 bits per heavy atom. The molecule has 0 atom stereocenters. The Balaban J connectivity index is 0.000000205. The molecule has 0 aromatic heterocycles. The van der Waals surface area contributed by atoms with E-state index in [0.717, 1.165) is 31.3 Å². The highest BCUT2D eigenvalue weighted by molar-refractivity contribution is 6.01. The van der Waals surface area contributed by atoms with Crippen LogP contribution in [0.5, 0.6) is 0 Å². The lowest BCUT2D eigenvalue weighted by Crippen LogP contribution is -2.48. The van der Waals surface area contributed by atoms with Gasteiger partial charge in [0.2, 0.25) is 0 Å². The highest BCUT2D eigenvalue weighted by Crippen LogP contribution is 2.54. The van der Waals surface area contributed by atoms with Crippen LogP contribution >= 0.6 is 0 Å². The Bertz CT molecular complexity index is 932. The van der Waals surface area contributed by atoms with Crippen molar-refractivity contribution in [2.45, 2.75) is 84.8 Å². The molecule has 2 spiro atoms. The van der Waals surface area contributed by atoms with Gasteiger partial charge in [-0.1, -0.05) is 0 Å². The van der Waals surface area contributed by atoms with Gasteiger partial charge in [-0.05, 0) is 72.6 Å². The van der Waals surface area contributed by atoms with E-state index in [0.29, 0.717) is 19.5 Å². The molecule has 0 aromatic rings. The van der Waals surface area contributed by atoms with Gasteiger partial charge in [0.25, 0.3) is 0 Å². The van der Waals surface area contributed by atoms with Crippen molar-refractivity contribution in [2.24, 2.45) is 10.8 Å². The van der Waals surface area contributed by atoms with Gasteiger partial charge in [-0.15, -0.1) is 0 Å². The van der Waals surface area contributed by atoms with Crippen molar-refractivity contribution in [1.29, 1.82) is 0 Å². The number of carbonyl (C=O) groups excluding carboxylic acids is 4. The number of ketones is 2. The number of piperidine rings is 2. The number of ether oxygens (including phenoxy) is 2. The van der Waals surface area contributed by atoms with Crippen LogP contribution in [0, 0.1) is 10.8 Å². The third-order valence-electron chi connectivity index (χ3n) is 6.67. The van der Waals surface area contributed by atoms with Crippen LogP contribution in [0.4, 0.5) is 9.59 Å². The van der Waals surface area contributed by atoms with Crippen molar-refractivity contribution in [1.82, 2.24) is 14.7 Å². The molecule has 0 radical (unpaired) electrons. The first-order valence-corrected chi connectivity index (χ1v) is 12.8. The second-order valence-corrected chi connectivity index (χ2v) is 13.1. The molecular weight excluding hydrogens is 462 g/mol. The summed E-state index contributed by atoms with van der Waals surface area (Å²) in [5.74, 6) is 0.197. The molecule has 4 aliphatic rings. The smallest absolute Gasteiger partial charge is 0.410 e. The summed E-state index contributed by atoms with van der Waals surface area (Å²) < 4.78 is 10.6. The average Bonchev–Trinajstić information content (AvgIpc) is 3.61. The van der Waals surface area contributed by atoms with Gasteiger partial charge in [-0.2, -0.15) is 0 Å². The molecule has 4 fully saturated rings. The van der Waals surface area contributed by atoms with Crippen molar-refractivity contribution < 1.29 is 28.7 Å². The SMILES string of the molecule is CC(C)(C)OC(=O)N1CC(=O)CC2(CC2)C1.CN(C)/C=C1\C(=O)CN(C(=O)OC(C)(C)C)CC12CC2. The third-order valence-corrected chi connectivity index (χ3v) is 6.67. The maximum Gasteiger partial charge on any atom is 0.410 e. The van der Waals surface area contributed by atoms with Gasteiger partial charge < -0.3 is 19.3 Å². The van der Waals surface area contributed by atoms with Crippen LogP contribution in [0.2, 0.25) is 0 Å². The van der Waals surface area contributed by atoms with E-state index in [2.05, 4.69) is 0 Å². The summed E-state index contributed by atoms with van der Waals surface area (Å²) in [4.78, 5) is 52.8. The Morgan fingerprint density at radius 1 is 0.833 bits per heavy atom. The maximum atomic E-state index is 12.3. The molecule has 2 saturated carbocycles. The lowest BCUT2D eigenvalue weighted by molar-refractivity contribution is -0.124. The van der Waals surface area contributed by atoms with Gasteiger partial charge >= 0.3 is 12.2 Å². The van der Waals surface area contributed by atoms with Crippen molar-refractivity contribution >= 4 is 23.8 Å². The molecule has 0 aromatic carbocycles. The molecule has 9 heteroatoms. The van der Waals surface area contributed by atoms with Crippen LogP contribution in [0.15, 0.2) is 11.8 Å². The number of likely N-dealkylation sites (tertiary alicyclic amines) is 2. The number of hydrogen-bond acceptors (Lipinski definition) is 7. The fourth-order valence-corrected chi connectivity index (χ4v) is 4.73. The largest absolute Gasteiger partial charge is 0.444 e. The average molecular weight is 506 g/mol. The molecule has 9 nitrogen and oxygen atoms in total. The molecule has 2 aliphatic heterocycles. The van der Waals surface area contributed by atoms with Crippen LogP contribution < -0.4 is 0 Å². The van der Waals surface area contributed by atoms with Gasteiger partial charge in [-0.3, -0.25) is 14.5 Å². The molecule has 0 unspecified atom stereocenters. The monoisotopic (exact) mass is 505 g/mol. The zero-order valence-corrected chi connectivity index (χ0v) is 23.2. The summed E-state index contributed by atoms with van der Waals surface area (Å²) in [6.45, 7) is 12.6. The Labute approximate surface area is 215 Å². The zero-order valence-electron chi connectivity index (χ0n) is 23.2. The van der Waals surface area contributed by atoms with E-state index in [1.54, 1.807) is 9.80 Å². The van der Waals surface area contributed by atoms with E-state index in [9.17, 15) is 19.2 Å². The van der Waals surface area contributed by atoms with Gasteiger partial charge in [-0.25, -0.2) is 9.59 Å². The van der Waals surface area contributed by atoms with Crippen molar-refractivity contribution in [2.75, 3.05) is 40.3 Å². The van der Waals surface area contributed by atoms with E-state index < -0.39 is 11.2 Å². The minimum atomic E-state index is -0.531. The zero-order chi connectivity index (χ0) is 27.1. The minimum absolute atomic E-state index is 0.0355. The molecule has 0 N–H and O–H groups in total. The summed E-state index contributed by atoms with van der Waals surface area (Å²) in [6, 6.07) is 0. The number of carbonyl (C=O) groups is 4.